The number of hydrogen-bond donors (Lipinski definition) is 1. The number of hydrogen-bond acceptors (Lipinski definition) is 3. The Bertz CT molecular complexity index is 573. The summed E-state index contributed by atoms with van der Waals surface area (Å²) in [6.07, 6.45) is -0.733. The van der Waals surface area contributed by atoms with Crippen molar-refractivity contribution in [2.24, 2.45) is 0 Å². The molecule has 4 nitrogen and oxygen atoms in total. The zero-order chi connectivity index (χ0) is 17.6. The van der Waals surface area contributed by atoms with Gasteiger partial charge in [0.2, 0.25) is 0 Å². The third kappa shape index (κ3) is 7.54. The minimum absolute atomic E-state index is 0.0123. The van der Waals surface area contributed by atoms with Crippen molar-refractivity contribution >= 4 is 27.8 Å². The standard InChI is InChI=1S/C16H20BrF2NO3/c1-16(2,3)23-15(22)20-12(8-13(21)9-17)7-10-6-11(18)4-5-14(10)19/h4-6,12H,7-9H2,1-3H3,(H,20,22). The average molecular weight is 392 g/mol. The van der Waals surface area contributed by atoms with Crippen molar-refractivity contribution in [2.45, 2.75) is 45.3 Å². The summed E-state index contributed by atoms with van der Waals surface area (Å²) in [6.45, 7) is 5.12. The van der Waals surface area contributed by atoms with Crippen LogP contribution in [0.2, 0.25) is 0 Å². The lowest BCUT2D eigenvalue weighted by Crippen LogP contribution is -2.41. The Hall–Kier alpha value is -1.50. The maximum atomic E-state index is 13.8. The summed E-state index contributed by atoms with van der Waals surface area (Å²) in [7, 11) is 0. The quantitative estimate of drug-likeness (QED) is 0.751. The number of ether oxygens (including phenoxy) is 1. The molecule has 0 radical (unpaired) electrons. The summed E-state index contributed by atoms with van der Waals surface area (Å²) in [6, 6.07) is 2.39. The molecule has 128 valence electrons. The molecule has 1 N–H and O–H groups in total. The van der Waals surface area contributed by atoms with Crippen molar-refractivity contribution in [1.82, 2.24) is 5.32 Å². The molecule has 0 bridgehead atoms. The first-order chi connectivity index (χ1) is 10.6. The third-order valence-electron chi connectivity index (χ3n) is 2.82. The third-order valence-corrected chi connectivity index (χ3v) is 3.44. The molecular weight excluding hydrogens is 372 g/mol. The van der Waals surface area contributed by atoms with E-state index in [-0.39, 0.29) is 29.5 Å². The highest BCUT2D eigenvalue weighted by atomic mass is 79.9. The molecule has 0 fully saturated rings. The van der Waals surface area contributed by atoms with Crippen LogP contribution in [0.25, 0.3) is 0 Å². The fourth-order valence-corrected chi connectivity index (χ4v) is 2.17. The predicted octanol–water partition coefficient (Wildman–Crippen LogP) is 3.75. The molecule has 0 saturated carbocycles. The van der Waals surface area contributed by atoms with Gasteiger partial charge in [0.25, 0.3) is 0 Å². The van der Waals surface area contributed by atoms with Crippen molar-refractivity contribution in [1.29, 1.82) is 0 Å². The molecule has 0 aliphatic heterocycles. The maximum absolute atomic E-state index is 13.8. The maximum Gasteiger partial charge on any atom is 0.407 e. The lowest BCUT2D eigenvalue weighted by molar-refractivity contribution is -0.116. The van der Waals surface area contributed by atoms with E-state index in [1.165, 1.54) is 0 Å². The number of Topliss-reactive ketones (excluding diaryl/α,β-unsaturated/α-hetero) is 1. The number of nitrogens with one attached hydrogen (secondary N) is 1. The van der Waals surface area contributed by atoms with Gasteiger partial charge in [0.1, 0.15) is 23.0 Å². The molecule has 1 rings (SSSR count). The number of rotatable bonds is 6. The average Bonchev–Trinajstić information content (AvgIpc) is 2.40. The Labute approximate surface area is 142 Å². The first-order valence-corrected chi connectivity index (χ1v) is 8.24. The first kappa shape index (κ1) is 19.5. The highest BCUT2D eigenvalue weighted by Gasteiger charge is 2.22. The number of amides is 1. The topological polar surface area (TPSA) is 55.4 Å². The summed E-state index contributed by atoms with van der Waals surface area (Å²) in [5.74, 6) is -1.33. The monoisotopic (exact) mass is 391 g/mol. The Balaban J connectivity index is 2.85. The molecular formula is C16H20BrF2NO3. The van der Waals surface area contributed by atoms with Gasteiger partial charge in [0.05, 0.1) is 5.33 Å². The molecule has 1 amide bonds. The van der Waals surface area contributed by atoms with E-state index >= 15 is 0 Å². The molecule has 1 unspecified atom stereocenters. The molecule has 0 aliphatic rings. The molecule has 7 heteroatoms. The zero-order valence-corrected chi connectivity index (χ0v) is 14.9. The van der Waals surface area contributed by atoms with Gasteiger partial charge >= 0.3 is 6.09 Å². The summed E-state index contributed by atoms with van der Waals surface area (Å²) in [4.78, 5) is 23.5. The van der Waals surface area contributed by atoms with Crippen molar-refractivity contribution < 1.29 is 23.1 Å². The fraction of sp³-hybridized carbons (Fsp3) is 0.500. The highest BCUT2D eigenvalue weighted by Crippen LogP contribution is 2.15. The largest absolute Gasteiger partial charge is 0.444 e. The lowest BCUT2D eigenvalue weighted by Gasteiger charge is -2.23. The molecule has 1 aromatic rings. The molecule has 23 heavy (non-hydrogen) atoms. The highest BCUT2D eigenvalue weighted by molar-refractivity contribution is 9.09. The summed E-state index contributed by atoms with van der Waals surface area (Å²) in [5, 5.41) is 2.66. The van der Waals surface area contributed by atoms with Crippen LogP contribution in [0.1, 0.15) is 32.8 Å². The van der Waals surface area contributed by atoms with Crippen LogP contribution in [-0.4, -0.2) is 28.8 Å². The predicted molar refractivity (Wildman–Crippen MR) is 86.6 cm³/mol. The number of alkyl carbamates (subject to hydrolysis) is 1. The smallest absolute Gasteiger partial charge is 0.407 e. The SMILES string of the molecule is CC(C)(C)OC(=O)NC(CC(=O)CBr)Cc1cc(F)ccc1F. The van der Waals surface area contributed by atoms with E-state index in [0.29, 0.717) is 0 Å². The minimum atomic E-state index is -0.707. The number of alkyl halides is 1. The van der Waals surface area contributed by atoms with Crippen LogP contribution >= 0.6 is 15.9 Å². The second-order valence-electron chi connectivity index (χ2n) is 6.16. The summed E-state index contributed by atoms with van der Waals surface area (Å²) >= 11 is 3.04. The zero-order valence-electron chi connectivity index (χ0n) is 13.3. The van der Waals surface area contributed by atoms with E-state index in [1.807, 2.05) is 0 Å². The van der Waals surface area contributed by atoms with Gasteiger partial charge in [-0.2, -0.15) is 0 Å². The molecule has 0 saturated heterocycles. The van der Waals surface area contributed by atoms with Gasteiger partial charge in [0.15, 0.2) is 0 Å². The normalized spacial score (nSPS) is 12.6. The summed E-state index contributed by atoms with van der Waals surface area (Å²) < 4.78 is 32.1. The van der Waals surface area contributed by atoms with Crippen molar-refractivity contribution in [3.8, 4) is 0 Å². The van der Waals surface area contributed by atoms with E-state index in [1.54, 1.807) is 20.8 Å². The van der Waals surface area contributed by atoms with Crippen LogP contribution in [0.3, 0.4) is 0 Å². The molecule has 0 aliphatic carbocycles. The van der Waals surface area contributed by atoms with Crippen molar-refractivity contribution in [2.75, 3.05) is 5.33 Å². The van der Waals surface area contributed by atoms with E-state index in [9.17, 15) is 18.4 Å². The fourth-order valence-electron chi connectivity index (χ4n) is 1.94. The number of carbonyl (C=O) groups is 2. The van der Waals surface area contributed by atoms with Gasteiger partial charge < -0.3 is 10.1 Å². The van der Waals surface area contributed by atoms with Crippen LogP contribution in [0, 0.1) is 11.6 Å². The summed E-state index contributed by atoms with van der Waals surface area (Å²) in [5.41, 5.74) is -0.605. The van der Waals surface area contributed by atoms with Crippen LogP contribution in [-0.2, 0) is 16.0 Å². The molecule has 1 atom stereocenters. The molecule has 0 aromatic heterocycles. The van der Waals surface area contributed by atoms with E-state index in [2.05, 4.69) is 21.2 Å². The minimum Gasteiger partial charge on any atom is -0.444 e. The van der Waals surface area contributed by atoms with E-state index in [4.69, 9.17) is 4.74 Å². The van der Waals surface area contributed by atoms with Gasteiger partial charge in [-0.05, 0) is 51.0 Å². The number of carbonyl (C=O) groups excluding carboxylic acids is 2. The molecule has 0 heterocycles. The lowest BCUT2D eigenvalue weighted by atomic mass is 10.0. The van der Waals surface area contributed by atoms with Crippen molar-refractivity contribution in [3.05, 3.63) is 35.4 Å². The van der Waals surface area contributed by atoms with Gasteiger partial charge in [-0.15, -0.1) is 0 Å². The molecule has 1 aromatic carbocycles. The van der Waals surface area contributed by atoms with Gasteiger partial charge in [-0.1, -0.05) is 15.9 Å². The Morgan fingerprint density at radius 3 is 2.52 bits per heavy atom. The van der Waals surface area contributed by atoms with Gasteiger partial charge in [-0.3, -0.25) is 4.79 Å². The van der Waals surface area contributed by atoms with Gasteiger partial charge in [-0.25, -0.2) is 13.6 Å². The van der Waals surface area contributed by atoms with E-state index in [0.717, 1.165) is 18.2 Å². The second kappa shape index (κ2) is 8.38. The number of ketones is 1. The van der Waals surface area contributed by atoms with Crippen molar-refractivity contribution in [3.63, 3.8) is 0 Å². The first-order valence-electron chi connectivity index (χ1n) is 7.12. The van der Waals surface area contributed by atoms with E-state index < -0.39 is 29.4 Å². The van der Waals surface area contributed by atoms with Crippen LogP contribution in [0.4, 0.5) is 13.6 Å². The van der Waals surface area contributed by atoms with Crippen LogP contribution < -0.4 is 5.32 Å². The Morgan fingerprint density at radius 2 is 1.96 bits per heavy atom. The molecule has 0 spiro atoms. The van der Waals surface area contributed by atoms with Crippen LogP contribution in [0.15, 0.2) is 18.2 Å². The number of halogens is 3. The number of benzene rings is 1. The van der Waals surface area contributed by atoms with Crippen LogP contribution in [0.5, 0.6) is 0 Å². The Kier molecular flexibility index (Phi) is 7.12. The Morgan fingerprint density at radius 1 is 1.30 bits per heavy atom. The van der Waals surface area contributed by atoms with Gasteiger partial charge in [0, 0.05) is 12.5 Å². The second-order valence-corrected chi connectivity index (χ2v) is 6.72.